The van der Waals surface area contributed by atoms with Crippen molar-refractivity contribution in [1.82, 2.24) is 0 Å². The smallest absolute Gasteiger partial charge is 0.256 e. The topological polar surface area (TPSA) is 89.3 Å². The molecule has 2 rings (SSSR count). The van der Waals surface area contributed by atoms with Crippen LogP contribution in [0, 0.1) is 0 Å². The highest BCUT2D eigenvalue weighted by Gasteiger charge is 2.18. The molecular formula is C14H12Cl2N2O3S. The van der Waals surface area contributed by atoms with Crippen LogP contribution in [0.2, 0.25) is 10.0 Å². The molecule has 0 aliphatic rings. The van der Waals surface area contributed by atoms with Gasteiger partial charge in [-0.15, -0.1) is 0 Å². The first-order valence-corrected chi connectivity index (χ1v) is 8.70. The molecular weight excluding hydrogens is 347 g/mol. The third-order valence-corrected chi connectivity index (χ3v) is 4.65. The number of rotatable bonds is 3. The van der Waals surface area contributed by atoms with E-state index in [2.05, 4.69) is 5.32 Å². The van der Waals surface area contributed by atoms with Crippen molar-refractivity contribution in [2.45, 2.75) is 4.90 Å². The van der Waals surface area contributed by atoms with Crippen molar-refractivity contribution in [2.24, 2.45) is 0 Å². The van der Waals surface area contributed by atoms with Crippen LogP contribution in [0.3, 0.4) is 0 Å². The maximum atomic E-state index is 12.3. The van der Waals surface area contributed by atoms with Crippen LogP contribution in [-0.2, 0) is 9.84 Å². The summed E-state index contributed by atoms with van der Waals surface area (Å²) in [5.74, 6) is -0.585. The zero-order chi connectivity index (χ0) is 16.5. The molecule has 2 aromatic carbocycles. The molecule has 0 atom stereocenters. The molecule has 0 saturated heterocycles. The molecule has 0 aromatic heterocycles. The average Bonchev–Trinajstić information content (AvgIpc) is 2.43. The lowest BCUT2D eigenvalue weighted by molar-refractivity contribution is 0.102. The third kappa shape index (κ3) is 3.52. The molecule has 0 heterocycles. The zero-order valence-corrected chi connectivity index (χ0v) is 13.8. The first-order valence-electron chi connectivity index (χ1n) is 6.05. The largest absolute Gasteiger partial charge is 0.396 e. The monoisotopic (exact) mass is 358 g/mol. The fourth-order valence-corrected chi connectivity index (χ4v) is 3.21. The number of halogens is 2. The number of anilines is 2. The molecule has 0 aliphatic heterocycles. The minimum atomic E-state index is -3.53. The summed E-state index contributed by atoms with van der Waals surface area (Å²) in [6, 6.07) is 8.78. The molecule has 0 saturated carbocycles. The van der Waals surface area contributed by atoms with E-state index < -0.39 is 15.7 Å². The SMILES string of the molecule is CS(=O)(=O)c1ccccc1C(=O)Nc1cc(Cl)c(N)c(Cl)c1. The van der Waals surface area contributed by atoms with Crippen LogP contribution < -0.4 is 11.1 Å². The van der Waals surface area contributed by atoms with Gasteiger partial charge >= 0.3 is 0 Å². The number of sulfone groups is 1. The van der Waals surface area contributed by atoms with Crippen molar-refractivity contribution in [2.75, 3.05) is 17.3 Å². The number of nitrogens with one attached hydrogen (secondary N) is 1. The molecule has 0 radical (unpaired) electrons. The van der Waals surface area contributed by atoms with E-state index in [-0.39, 0.29) is 26.2 Å². The first-order chi connectivity index (χ1) is 10.2. The Morgan fingerprint density at radius 2 is 1.68 bits per heavy atom. The Balaban J connectivity index is 2.39. The molecule has 116 valence electrons. The number of benzene rings is 2. The van der Waals surface area contributed by atoms with Gasteiger partial charge in [0.05, 0.1) is 26.2 Å². The predicted octanol–water partition coefficient (Wildman–Crippen LogP) is 3.23. The minimum Gasteiger partial charge on any atom is -0.396 e. The average molecular weight is 359 g/mol. The molecule has 1 amide bonds. The van der Waals surface area contributed by atoms with Gasteiger partial charge in [0.25, 0.3) is 5.91 Å². The van der Waals surface area contributed by atoms with E-state index in [1.54, 1.807) is 12.1 Å². The van der Waals surface area contributed by atoms with Crippen LogP contribution in [0.1, 0.15) is 10.4 Å². The van der Waals surface area contributed by atoms with E-state index in [1.807, 2.05) is 0 Å². The van der Waals surface area contributed by atoms with Crippen LogP contribution in [0.4, 0.5) is 11.4 Å². The third-order valence-electron chi connectivity index (χ3n) is 2.87. The molecule has 5 nitrogen and oxygen atoms in total. The van der Waals surface area contributed by atoms with Gasteiger partial charge in [-0.25, -0.2) is 8.42 Å². The van der Waals surface area contributed by atoms with Crippen molar-refractivity contribution >= 4 is 50.3 Å². The van der Waals surface area contributed by atoms with Crippen molar-refractivity contribution in [3.8, 4) is 0 Å². The maximum Gasteiger partial charge on any atom is 0.256 e. The number of carbonyl (C=O) groups excluding carboxylic acids is 1. The van der Waals surface area contributed by atoms with Gasteiger partial charge in [0.1, 0.15) is 0 Å². The highest BCUT2D eigenvalue weighted by Crippen LogP contribution is 2.31. The summed E-state index contributed by atoms with van der Waals surface area (Å²) < 4.78 is 23.4. The molecule has 0 spiro atoms. The van der Waals surface area contributed by atoms with Gasteiger partial charge in [0.15, 0.2) is 9.84 Å². The van der Waals surface area contributed by atoms with E-state index in [9.17, 15) is 13.2 Å². The molecule has 8 heteroatoms. The van der Waals surface area contributed by atoms with Gasteiger partial charge in [0.2, 0.25) is 0 Å². The lowest BCUT2D eigenvalue weighted by Gasteiger charge is -2.10. The Morgan fingerprint density at radius 3 is 2.23 bits per heavy atom. The Hall–Kier alpha value is -1.76. The number of hydrogen-bond acceptors (Lipinski definition) is 4. The van der Waals surface area contributed by atoms with Crippen molar-refractivity contribution in [3.05, 3.63) is 52.0 Å². The van der Waals surface area contributed by atoms with E-state index in [1.165, 1.54) is 24.3 Å². The van der Waals surface area contributed by atoms with Crippen LogP contribution in [0.15, 0.2) is 41.3 Å². The minimum absolute atomic E-state index is 0.0362. The summed E-state index contributed by atoms with van der Waals surface area (Å²) in [4.78, 5) is 12.2. The molecule has 22 heavy (non-hydrogen) atoms. The van der Waals surface area contributed by atoms with E-state index in [0.717, 1.165) is 6.26 Å². The van der Waals surface area contributed by atoms with Crippen molar-refractivity contribution < 1.29 is 13.2 Å². The summed E-state index contributed by atoms with van der Waals surface area (Å²) in [6.45, 7) is 0. The molecule has 0 aliphatic carbocycles. The Morgan fingerprint density at radius 1 is 1.14 bits per heavy atom. The second-order valence-electron chi connectivity index (χ2n) is 4.58. The van der Waals surface area contributed by atoms with E-state index >= 15 is 0 Å². The highest BCUT2D eigenvalue weighted by atomic mass is 35.5. The Kier molecular flexibility index (Phi) is 4.65. The van der Waals surface area contributed by atoms with Gasteiger partial charge in [-0.3, -0.25) is 4.79 Å². The summed E-state index contributed by atoms with van der Waals surface area (Å²) in [5, 5.41) is 2.94. The summed E-state index contributed by atoms with van der Waals surface area (Å²) >= 11 is 11.8. The molecule has 2 aromatic rings. The second-order valence-corrected chi connectivity index (χ2v) is 7.37. The van der Waals surface area contributed by atoms with Gasteiger partial charge in [-0.05, 0) is 24.3 Å². The zero-order valence-electron chi connectivity index (χ0n) is 11.4. The maximum absolute atomic E-state index is 12.3. The molecule has 0 bridgehead atoms. The van der Waals surface area contributed by atoms with Gasteiger partial charge in [-0.1, -0.05) is 35.3 Å². The fraction of sp³-hybridized carbons (Fsp3) is 0.0714. The standard InChI is InChI=1S/C14H12Cl2N2O3S/c1-22(20,21)12-5-3-2-4-9(12)14(19)18-8-6-10(15)13(17)11(16)7-8/h2-7H,17H2,1H3,(H,18,19). The van der Waals surface area contributed by atoms with E-state index in [4.69, 9.17) is 28.9 Å². The Labute approximate surface area is 138 Å². The predicted molar refractivity (Wildman–Crippen MR) is 88.4 cm³/mol. The van der Waals surface area contributed by atoms with Gasteiger partial charge < -0.3 is 11.1 Å². The molecule has 0 fully saturated rings. The van der Waals surface area contributed by atoms with Gasteiger partial charge in [0, 0.05) is 11.9 Å². The van der Waals surface area contributed by atoms with E-state index in [0.29, 0.717) is 5.69 Å². The number of amides is 1. The summed E-state index contributed by atoms with van der Waals surface area (Å²) in [7, 11) is -3.53. The summed E-state index contributed by atoms with van der Waals surface area (Å²) in [5.41, 5.74) is 6.18. The number of hydrogen-bond donors (Lipinski definition) is 2. The first kappa shape index (κ1) is 16.6. The fourth-order valence-electron chi connectivity index (χ4n) is 1.83. The quantitative estimate of drug-likeness (QED) is 0.824. The van der Waals surface area contributed by atoms with Gasteiger partial charge in [-0.2, -0.15) is 0 Å². The number of nitrogen functional groups attached to an aromatic ring is 1. The van der Waals surface area contributed by atoms with Crippen LogP contribution in [-0.4, -0.2) is 20.6 Å². The summed E-state index contributed by atoms with van der Waals surface area (Å²) in [6.07, 6.45) is 1.04. The number of nitrogens with two attached hydrogens (primary N) is 1. The number of carbonyl (C=O) groups is 1. The lowest BCUT2D eigenvalue weighted by atomic mass is 10.2. The molecule has 0 unspecified atom stereocenters. The lowest BCUT2D eigenvalue weighted by Crippen LogP contribution is -2.16. The van der Waals surface area contributed by atoms with Crippen LogP contribution >= 0.6 is 23.2 Å². The van der Waals surface area contributed by atoms with Crippen molar-refractivity contribution in [3.63, 3.8) is 0 Å². The Bertz CT molecular complexity index is 828. The normalized spacial score (nSPS) is 11.2. The molecule has 3 N–H and O–H groups in total. The van der Waals surface area contributed by atoms with Crippen LogP contribution in [0.25, 0.3) is 0 Å². The second kappa shape index (κ2) is 6.16. The van der Waals surface area contributed by atoms with Crippen molar-refractivity contribution in [1.29, 1.82) is 0 Å². The highest BCUT2D eigenvalue weighted by molar-refractivity contribution is 7.90. The van der Waals surface area contributed by atoms with Crippen LogP contribution in [0.5, 0.6) is 0 Å².